The molecule has 2 heterocycles. The van der Waals surface area contributed by atoms with Crippen LogP contribution in [0.15, 0.2) is 0 Å². The van der Waals surface area contributed by atoms with Crippen LogP contribution in [-0.2, 0) is 28.0 Å². The van der Waals surface area contributed by atoms with Crippen LogP contribution < -0.4 is 0 Å². The summed E-state index contributed by atoms with van der Waals surface area (Å²) in [5, 5.41) is 0. The van der Waals surface area contributed by atoms with Gasteiger partial charge in [-0.25, -0.2) is 0 Å². The molecular weight excluding hydrogens is 325 g/mol. The van der Waals surface area contributed by atoms with Crippen molar-refractivity contribution in [3.05, 3.63) is 0 Å². The fraction of sp³-hybridized carbons (Fsp3) is 1.00. The van der Waals surface area contributed by atoms with Gasteiger partial charge in [0, 0.05) is 26.2 Å². The minimum atomic E-state index is -1.28. The predicted octanol–water partition coefficient (Wildman–Crippen LogP) is -0.298. The van der Waals surface area contributed by atoms with Gasteiger partial charge in [0.2, 0.25) is 7.58 Å². The molecule has 0 amide bonds. The Labute approximate surface area is 140 Å². The normalized spacial score (nSPS) is 40.1. The van der Waals surface area contributed by atoms with Gasteiger partial charge in [-0.1, -0.05) is 12.2 Å². The van der Waals surface area contributed by atoms with E-state index in [4.69, 9.17) is 28.0 Å². The Hall–Kier alpha value is 0.670. The molecule has 126 valence electrons. The Balaban J connectivity index is 1.74. The van der Waals surface area contributed by atoms with E-state index in [0.717, 1.165) is 12.8 Å². The lowest BCUT2D eigenvalue weighted by Crippen LogP contribution is -2.29. The minimum Gasteiger partial charge on any atom is -0.382 e. The number of hydrogen-bond acceptors (Lipinski definition) is 7. The molecule has 7 atom stereocenters. The van der Waals surface area contributed by atoms with Crippen molar-refractivity contribution < 1.29 is 28.0 Å². The van der Waals surface area contributed by atoms with E-state index in [1.165, 1.54) is 0 Å². The average molecular weight is 350 g/mol. The van der Waals surface area contributed by atoms with Gasteiger partial charge < -0.3 is 28.0 Å². The first kappa shape index (κ1) is 19.0. The van der Waals surface area contributed by atoms with Crippen molar-refractivity contribution in [2.75, 3.05) is 27.4 Å². The van der Waals surface area contributed by atoms with Gasteiger partial charge in [-0.2, -0.15) is 0 Å². The topological polar surface area (TPSA) is 55.4 Å². The predicted molar refractivity (Wildman–Crippen MR) is 93.0 cm³/mol. The fourth-order valence-electron chi connectivity index (χ4n) is 2.94. The highest BCUT2D eigenvalue weighted by atomic mass is 32.7. The summed E-state index contributed by atoms with van der Waals surface area (Å²) >= 11 is 4.43. The third-order valence-electron chi connectivity index (χ3n) is 3.98. The van der Waals surface area contributed by atoms with Crippen molar-refractivity contribution in [1.29, 1.82) is 0 Å². The number of rotatable bonds is 8. The Bertz CT molecular complexity index is 345. The molecule has 7 unspecified atom stereocenters. The van der Waals surface area contributed by atoms with Crippen LogP contribution in [0.2, 0.25) is 0 Å². The van der Waals surface area contributed by atoms with Gasteiger partial charge in [-0.15, -0.1) is 0 Å². The van der Waals surface area contributed by atoms with E-state index in [9.17, 15) is 0 Å². The van der Waals surface area contributed by atoms with Gasteiger partial charge >= 0.3 is 0 Å². The number of ether oxygens (including phenoxy) is 4. The maximum Gasteiger partial charge on any atom is 0.235 e. The first-order valence-electron chi connectivity index (χ1n) is 7.64. The molecule has 2 fully saturated rings. The van der Waals surface area contributed by atoms with Gasteiger partial charge in [-0.05, 0) is 12.8 Å². The third-order valence-corrected chi connectivity index (χ3v) is 5.43. The molecule has 0 aromatic carbocycles. The summed E-state index contributed by atoms with van der Waals surface area (Å²) in [6.45, 7) is 0.942. The SMILES string of the molecule is BC1CC(OC)C(COP(S)OC2CC(B)OC2COC)O1. The smallest absolute Gasteiger partial charge is 0.235 e. The average Bonchev–Trinajstić information content (AvgIpc) is 3.00. The van der Waals surface area contributed by atoms with Crippen molar-refractivity contribution in [2.45, 2.75) is 49.3 Å². The van der Waals surface area contributed by atoms with Crippen molar-refractivity contribution in [3.8, 4) is 0 Å². The number of methoxy groups -OCH3 is 2. The molecule has 0 aromatic heterocycles. The molecule has 0 aliphatic carbocycles. The minimum absolute atomic E-state index is 0.0415. The summed E-state index contributed by atoms with van der Waals surface area (Å²) in [6, 6.07) is 0.361. The van der Waals surface area contributed by atoms with Gasteiger partial charge in [0.1, 0.15) is 27.9 Å². The van der Waals surface area contributed by atoms with Gasteiger partial charge in [0.05, 0.1) is 25.4 Å². The van der Waals surface area contributed by atoms with Gasteiger partial charge in [-0.3, -0.25) is 0 Å². The molecule has 2 rings (SSSR count). The summed E-state index contributed by atoms with van der Waals surface area (Å²) in [5.41, 5.74) is 0. The van der Waals surface area contributed by atoms with E-state index in [1.807, 2.05) is 15.7 Å². The monoisotopic (exact) mass is 350 g/mol. The fourth-order valence-corrected chi connectivity index (χ4v) is 4.29. The Morgan fingerprint density at radius 2 is 1.64 bits per heavy atom. The molecule has 6 nitrogen and oxygen atoms in total. The van der Waals surface area contributed by atoms with E-state index in [2.05, 4.69) is 12.2 Å². The first-order chi connectivity index (χ1) is 10.5. The molecule has 22 heavy (non-hydrogen) atoms. The highest BCUT2D eigenvalue weighted by Gasteiger charge is 2.37. The lowest BCUT2D eigenvalue weighted by atomic mass is 9.96. The van der Waals surface area contributed by atoms with E-state index < -0.39 is 7.58 Å². The molecular formula is C12H25B2O6PS. The lowest BCUT2D eigenvalue weighted by molar-refractivity contribution is -0.0227. The van der Waals surface area contributed by atoms with Crippen LogP contribution in [0, 0.1) is 0 Å². The third kappa shape index (κ3) is 5.35. The van der Waals surface area contributed by atoms with Crippen molar-refractivity contribution in [1.82, 2.24) is 0 Å². The van der Waals surface area contributed by atoms with Crippen molar-refractivity contribution in [2.24, 2.45) is 0 Å². The molecule has 0 radical (unpaired) electrons. The zero-order chi connectivity index (χ0) is 16.1. The molecule has 0 N–H and O–H groups in total. The van der Waals surface area contributed by atoms with E-state index >= 15 is 0 Å². The van der Waals surface area contributed by atoms with Crippen LogP contribution in [0.3, 0.4) is 0 Å². The molecule has 0 bridgehead atoms. The summed E-state index contributed by atoms with van der Waals surface area (Å²) in [7, 11) is 6.15. The molecule has 2 saturated heterocycles. The maximum absolute atomic E-state index is 5.91. The van der Waals surface area contributed by atoms with Crippen LogP contribution in [0.25, 0.3) is 0 Å². The second-order valence-electron chi connectivity index (χ2n) is 5.85. The van der Waals surface area contributed by atoms with Crippen LogP contribution in [0.1, 0.15) is 12.8 Å². The van der Waals surface area contributed by atoms with Crippen LogP contribution in [-0.4, -0.2) is 79.5 Å². The van der Waals surface area contributed by atoms with Crippen molar-refractivity contribution >= 4 is 35.5 Å². The van der Waals surface area contributed by atoms with E-state index in [0.29, 0.717) is 13.2 Å². The quantitative estimate of drug-likeness (QED) is 0.369. The molecule has 0 saturated carbocycles. The first-order valence-corrected chi connectivity index (χ1v) is 9.97. The second-order valence-corrected chi connectivity index (χ2v) is 7.77. The Morgan fingerprint density at radius 3 is 2.23 bits per heavy atom. The molecule has 10 heteroatoms. The maximum atomic E-state index is 5.91. The summed E-state index contributed by atoms with van der Waals surface area (Å²) < 4.78 is 33.8. The molecule has 2 aliphatic rings. The highest BCUT2D eigenvalue weighted by molar-refractivity contribution is 8.41. The summed E-state index contributed by atoms with van der Waals surface area (Å²) in [4.78, 5) is 0. The van der Waals surface area contributed by atoms with Crippen molar-refractivity contribution in [3.63, 3.8) is 0 Å². The zero-order valence-electron chi connectivity index (χ0n) is 13.6. The van der Waals surface area contributed by atoms with Crippen LogP contribution in [0.5, 0.6) is 0 Å². The number of hydrogen-bond donors (Lipinski definition) is 1. The molecule has 0 spiro atoms. The van der Waals surface area contributed by atoms with Crippen LogP contribution >= 0.6 is 19.8 Å². The number of thiol groups is 1. The lowest BCUT2D eigenvalue weighted by Gasteiger charge is -2.23. The van der Waals surface area contributed by atoms with Gasteiger partial charge in [0.15, 0.2) is 0 Å². The van der Waals surface area contributed by atoms with Gasteiger partial charge in [0.25, 0.3) is 0 Å². The standard InChI is InChI=1S/C12H25B2O6PS/c1-15-5-9-8(4-12(14)18-9)20-21(22)17-6-10-7(16-2)3-11(13)19-10/h7-12,22H,3-6,13-14H2,1-2H3. The van der Waals surface area contributed by atoms with E-state index in [-0.39, 0.29) is 36.4 Å². The molecule has 2 aliphatic heterocycles. The molecule has 0 aromatic rings. The largest absolute Gasteiger partial charge is 0.382 e. The second kappa shape index (κ2) is 9.23. The summed E-state index contributed by atoms with van der Waals surface area (Å²) in [6.07, 6.45) is 1.63. The Kier molecular flexibility index (Phi) is 7.97. The summed E-state index contributed by atoms with van der Waals surface area (Å²) in [5.74, 6) is 0. The van der Waals surface area contributed by atoms with Crippen LogP contribution in [0.4, 0.5) is 0 Å². The Morgan fingerprint density at radius 1 is 1.05 bits per heavy atom. The van der Waals surface area contributed by atoms with E-state index in [1.54, 1.807) is 14.2 Å². The zero-order valence-corrected chi connectivity index (χ0v) is 15.4. The highest BCUT2D eigenvalue weighted by Crippen LogP contribution is 2.47.